The Kier molecular flexibility index (Phi) is 5.94. The third kappa shape index (κ3) is 4.05. The van der Waals surface area contributed by atoms with Gasteiger partial charge >= 0.3 is 0 Å². The summed E-state index contributed by atoms with van der Waals surface area (Å²) in [6, 6.07) is 3.63. The predicted octanol–water partition coefficient (Wildman–Crippen LogP) is 2.71. The molecule has 0 spiro atoms. The van der Waals surface area contributed by atoms with E-state index in [1.807, 2.05) is 9.58 Å². The molecule has 1 aliphatic heterocycles. The Morgan fingerprint density at radius 1 is 1.26 bits per heavy atom. The highest BCUT2D eigenvalue weighted by molar-refractivity contribution is 5.91. The maximum absolute atomic E-state index is 12.5. The van der Waals surface area contributed by atoms with Crippen LogP contribution in [0.3, 0.4) is 0 Å². The van der Waals surface area contributed by atoms with Crippen molar-refractivity contribution in [1.29, 1.82) is 0 Å². The van der Waals surface area contributed by atoms with E-state index < -0.39 is 0 Å². The minimum Gasteiger partial charge on any atom is -0.459 e. The van der Waals surface area contributed by atoms with E-state index in [0.717, 1.165) is 38.2 Å². The van der Waals surface area contributed by atoms with Crippen molar-refractivity contribution in [1.82, 2.24) is 30.0 Å². The smallest absolute Gasteiger partial charge is 0.289 e. The lowest BCUT2D eigenvalue weighted by Gasteiger charge is -2.39. The summed E-state index contributed by atoms with van der Waals surface area (Å²) in [5, 5.41) is 12.6. The molecule has 1 saturated heterocycles. The van der Waals surface area contributed by atoms with Crippen LogP contribution in [0.15, 0.2) is 22.8 Å². The van der Waals surface area contributed by atoms with Crippen molar-refractivity contribution in [3.8, 4) is 0 Å². The minimum absolute atomic E-state index is 0.0383. The summed E-state index contributed by atoms with van der Waals surface area (Å²) in [5.41, 5.74) is -0.123. The molecule has 8 nitrogen and oxygen atoms in total. The van der Waals surface area contributed by atoms with Crippen LogP contribution in [0.5, 0.6) is 0 Å². The number of nitrogens with zero attached hydrogens (tertiary/aromatic N) is 6. The Bertz CT molecular complexity index is 731. The quantitative estimate of drug-likeness (QED) is 0.741. The number of carbonyl (C=O) groups excluding carboxylic acids is 1. The molecule has 8 heteroatoms. The number of tetrazole rings is 1. The number of carbonyl (C=O) groups is 1. The Morgan fingerprint density at radius 3 is 2.59 bits per heavy atom. The van der Waals surface area contributed by atoms with Gasteiger partial charge in [-0.3, -0.25) is 9.69 Å². The van der Waals surface area contributed by atoms with Crippen LogP contribution in [0.25, 0.3) is 0 Å². The molecular formula is C19H30N6O2. The summed E-state index contributed by atoms with van der Waals surface area (Å²) in [4.78, 5) is 16.8. The summed E-state index contributed by atoms with van der Waals surface area (Å²) in [6.45, 7) is 11.6. The molecule has 0 bridgehead atoms. The van der Waals surface area contributed by atoms with Gasteiger partial charge in [0.15, 0.2) is 11.6 Å². The van der Waals surface area contributed by atoms with Crippen LogP contribution in [0, 0.1) is 0 Å². The molecule has 0 radical (unpaired) electrons. The molecule has 0 saturated carbocycles. The van der Waals surface area contributed by atoms with Gasteiger partial charge < -0.3 is 9.32 Å². The van der Waals surface area contributed by atoms with Crippen molar-refractivity contribution in [2.45, 2.75) is 58.5 Å². The van der Waals surface area contributed by atoms with Crippen molar-refractivity contribution in [3.05, 3.63) is 30.0 Å². The zero-order valence-electron chi connectivity index (χ0n) is 16.8. The monoisotopic (exact) mass is 374 g/mol. The lowest BCUT2D eigenvalue weighted by atomic mass is 10.0. The molecule has 0 unspecified atom stereocenters. The number of hydrogen-bond acceptors (Lipinski definition) is 6. The number of hydrogen-bond donors (Lipinski definition) is 0. The highest BCUT2D eigenvalue weighted by Gasteiger charge is 2.33. The summed E-state index contributed by atoms with van der Waals surface area (Å²) in [7, 11) is 0. The van der Waals surface area contributed by atoms with Crippen molar-refractivity contribution >= 4 is 5.91 Å². The van der Waals surface area contributed by atoms with Crippen LogP contribution in [-0.4, -0.2) is 62.1 Å². The molecule has 2 aromatic heterocycles. The van der Waals surface area contributed by atoms with Crippen LogP contribution >= 0.6 is 0 Å². The molecule has 0 N–H and O–H groups in total. The number of amides is 1. The highest BCUT2D eigenvalue weighted by atomic mass is 16.3. The van der Waals surface area contributed by atoms with Gasteiger partial charge in [-0.25, -0.2) is 4.68 Å². The normalized spacial score (nSPS) is 17.3. The van der Waals surface area contributed by atoms with Gasteiger partial charge in [-0.2, -0.15) is 0 Å². The summed E-state index contributed by atoms with van der Waals surface area (Å²) in [6.07, 6.45) is 4.54. The predicted molar refractivity (Wildman–Crippen MR) is 101 cm³/mol. The molecule has 1 aliphatic rings. The van der Waals surface area contributed by atoms with Gasteiger partial charge in [0.05, 0.1) is 17.8 Å². The van der Waals surface area contributed by atoms with E-state index in [9.17, 15) is 4.79 Å². The molecule has 2 aromatic rings. The topological polar surface area (TPSA) is 80.3 Å². The zero-order chi connectivity index (χ0) is 19.4. The first-order valence-electron chi connectivity index (χ1n) is 9.83. The maximum atomic E-state index is 12.5. The second-order valence-electron chi connectivity index (χ2n) is 7.72. The van der Waals surface area contributed by atoms with Gasteiger partial charge in [-0.15, -0.1) is 5.10 Å². The molecule has 3 rings (SSSR count). The van der Waals surface area contributed by atoms with Crippen LogP contribution < -0.4 is 0 Å². The summed E-state index contributed by atoms with van der Waals surface area (Å²) in [5.74, 6) is 1.29. The fraction of sp³-hybridized carbons (Fsp3) is 0.684. The van der Waals surface area contributed by atoms with Gasteiger partial charge in [-0.1, -0.05) is 20.3 Å². The van der Waals surface area contributed by atoms with E-state index in [1.54, 1.807) is 12.1 Å². The molecule has 0 aliphatic carbocycles. The van der Waals surface area contributed by atoms with E-state index in [2.05, 4.69) is 48.1 Å². The molecule has 27 heavy (non-hydrogen) atoms. The van der Waals surface area contributed by atoms with Crippen LogP contribution in [0.1, 0.15) is 69.4 Å². The first kappa shape index (κ1) is 19.5. The molecular weight excluding hydrogens is 344 g/mol. The summed E-state index contributed by atoms with van der Waals surface area (Å²) >= 11 is 0. The fourth-order valence-electron chi connectivity index (χ4n) is 3.52. The number of rotatable bonds is 7. The largest absolute Gasteiger partial charge is 0.459 e. The first-order chi connectivity index (χ1) is 13.0. The molecule has 1 fully saturated rings. The third-order valence-corrected chi connectivity index (χ3v) is 5.57. The lowest BCUT2D eigenvalue weighted by Crippen LogP contribution is -2.50. The Hall–Kier alpha value is -2.22. The minimum atomic E-state index is -0.123. The van der Waals surface area contributed by atoms with Gasteiger partial charge in [0, 0.05) is 26.2 Å². The molecule has 0 aromatic carbocycles. The molecule has 1 amide bonds. The van der Waals surface area contributed by atoms with Crippen LogP contribution in [0.2, 0.25) is 0 Å². The second-order valence-corrected chi connectivity index (χ2v) is 7.72. The van der Waals surface area contributed by atoms with E-state index >= 15 is 0 Å². The van der Waals surface area contributed by atoms with Gasteiger partial charge in [-0.05, 0) is 49.2 Å². The molecule has 148 valence electrons. The van der Waals surface area contributed by atoms with Crippen LogP contribution in [0.4, 0.5) is 0 Å². The number of aromatic nitrogens is 4. The number of piperazine rings is 1. The van der Waals surface area contributed by atoms with Crippen molar-refractivity contribution < 1.29 is 9.21 Å². The number of furan rings is 1. The van der Waals surface area contributed by atoms with Crippen molar-refractivity contribution in [3.63, 3.8) is 0 Å². The SMILES string of the molecule is CCC[C@H](c1nnnn1C(C)(C)CC)N1CCN(C(=O)c2ccco2)CC1. The Labute approximate surface area is 160 Å². The maximum Gasteiger partial charge on any atom is 0.289 e. The van der Waals surface area contributed by atoms with Gasteiger partial charge in [0.2, 0.25) is 0 Å². The zero-order valence-corrected chi connectivity index (χ0v) is 16.8. The van der Waals surface area contributed by atoms with E-state index in [-0.39, 0.29) is 17.5 Å². The summed E-state index contributed by atoms with van der Waals surface area (Å²) < 4.78 is 7.23. The molecule has 3 heterocycles. The van der Waals surface area contributed by atoms with E-state index in [0.29, 0.717) is 18.8 Å². The van der Waals surface area contributed by atoms with Gasteiger partial charge in [0.25, 0.3) is 5.91 Å². The van der Waals surface area contributed by atoms with Gasteiger partial charge in [0.1, 0.15) is 0 Å². The standard InChI is InChI=1S/C19H30N6O2/c1-5-8-15(17-20-21-22-25(17)19(3,4)6-2)23-10-12-24(13-11-23)18(26)16-9-7-14-27-16/h7,9,14-15H,5-6,8,10-13H2,1-4H3/t15-/m1/s1. The second kappa shape index (κ2) is 8.21. The fourth-order valence-corrected chi connectivity index (χ4v) is 3.52. The Morgan fingerprint density at radius 2 is 2.00 bits per heavy atom. The van der Waals surface area contributed by atoms with Crippen molar-refractivity contribution in [2.24, 2.45) is 0 Å². The average Bonchev–Trinajstić information content (AvgIpc) is 3.38. The average molecular weight is 374 g/mol. The third-order valence-electron chi connectivity index (χ3n) is 5.57. The molecule has 1 atom stereocenters. The van der Waals surface area contributed by atoms with Crippen molar-refractivity contribution in [2.75, 3.05) is 26.2 Å². The van der Waals surface area contributed by atoms with Crippen LogP contribution in [-0.2, 0) is 5.54 Å². The van der Waals surface area contributed by atoms with E-state index in [1.165, 1.54) is 6.26 Å². The first-order valence-corrected chi connectivity index (χ1v) is 9.83. The van der Waals surface area contributed by atoms with E-state index in [4.69, 9.17) is 4.42 Å². The lowest BCUT2D eigenvalue weighted by molar-refractivity contribution is 0.0507. The Balaban J connectivity index is 1.73. The highest BCUT2D eigenvalue weighted by Crippen LogP contribution is 2.29.